The van der Waals surface area contributed by atoms with E-state index >= 15 is 0 Å². The lowest BCUT2D eigenvalue weighted by atomic mass is 10.3. The van der Waals surface area contributed by atoms with Crippen LogP contribution < -0.4 is 0 Å². The zero-order valence-corrected chi connectivity index (χ0v) is 10.5. The molecular formula is C10H14N2O4S. The first kappa shape index (κ1) is 11.2. The second-order valence-corrected chi connectivity index (χ2v) is 6.40. The van der Waals surface area contributed by atoms with Crippen molar-refractivity contribution in [3.8, 4) is 0 Å². The highest BCUT2D eigenvalue weighted by Gasteiger charge is 2.46. The Hall–Kier alpha value is -0.920. The summed E-state index contributed by atoms with van der Waals surface area (Å²) in [5.41, 5.74) is 0.422. The van der Waals surface area contributed by atoms with Crippen molar-refractivity contribution in [1.29, 1.82) is 0 Å². The number of sulfonamides is 1. The number of nitrogens with zero attached hydrogens (tertiary/aromatic N) is 2. The zero-order chi connectivity index (χ0) is 12.2. The van der Waals surface area contributed by atoms with Gasteiger partial charge in [-0.1, -0.05) is 5.16 Å². The Morgan fingerprint density at radius 1 is 1.41 bits per heavy atom. The van der Waals surface area contributed by atoms with E-state index < -0.39 is 10.0 Å². The van der Waals surface area contributed by atoms with Crippen LogP contribution in [-0.4, -0.2) is 43.2 Å². The van der Waals surface area contributed by atoms with Crippen LogP contribution >= 0.6 is 0 Å². The van der Waals surface area contributed by atoms with Gasteiger partial charge in [-0.25, -0.2) is 8.42 Å². The largest absolute Gasteiger partial charge is 0.375 e. The van der Waals surface area contributed by atoms with Crippen molar-refractivity contribution in [2.75, 3.05) is 13.2 Å². The van der Waals surface area contributed by atoms with E-state index in [9.17, 15) is 8.42 Å². The molecule has 2 atom stereocenters. The Balaban J connectivity index is 2.02. The molecule has 0 saturated carbocycles. The Labute approximate surface area is 99.6 Å². The zero-order valence-electron chi connectivity index (χ0n) is 9.71. The van der Waals surface area contributed by atoms with E-state index in [1.807, 2.05) is 0 Å². The smallest absolute Gasteiger partial charge is 0.248 e. The third kappa shape index (κ3) is 1.53. The van der Waals surface area contributed by atoms with Crippen LogP contribution in [0, 0.1) is 13.8 Å². The molecule has 2 aliphatic heterocycles. The van der Waals surface area contributed by atoms with Gasteiger partial charge in [-0.05, 0) is 20.3 Å². The van der Waals surface area contributed by atoms with Crippen LogP contribution in [0.15, 0.2) is 9.42 Å². The first-order chi connectivity index (χ1) is 8.00. The lowest BCUT2D eigenvalue weighted by Gasteiger charge is -2.25. The minimum atomic E-state index is -3.49. The maximum Gasteiger partial charge on any atom is 0.248 e. The molecule has 0 radical (unpaired) electrons. The van der Waals surface area contributed by atoms with Crippen molar-refractivity contribution in [3.05, 3.63) is 11.5 Å². The summed E-state index contributed by atoms with van der Waals surface area (Å²) in [5.74, 6) is 0.353. The summed E-state index contributed by atoms with van der Waals surface area (Å²) in [6.45, 7) is 4.20. The summed E-state index contributed by atoms with van der Waals surface area (Å²) < 4.78 is 36.9. The highest BCUT2D eigenvalue weighted by molar-refractivity contribution is 7.89. The fourth-order valence-corrected chi connectivity index (χ4v) is 4.57. The van der Waals surface area contributed by atoms with Gasteiger partial charge in [0.15, 0.2) is 5.76 Å². The number of morpholine rings is 1. The van der Waals surface area contributed by atoms with Crippen molar-refractivity contribution in [1.82, 2.24) is 9.46 Å². The summed E-state index contributed by atoms with van der Waals surface area (Å²) >= 11 is 0. The number of ether oxygens (including phenoxy) is 1. The van der Waals surface area contributed by atoms with E-state index in [-0.39, 0.29) is 17.0 Å². The van der Waals surface area contributed by atoms with Gasteiger partial charge in [0.2, 0.25) is 10.0 Å². The maximum atomic E-state index is 12.5. The standard InChI is InChI=1S/C10H14N2O4S/c1-6-10(7(2)16-11-6)17(13,14)12-4-9-3-8(12)5-15-9/h8-9H,3-5H2,1-2H3/t8-,9+/m0/s1. The predicted molar refractivity (Wildman–Crippen MR) is 58.0 cm³/mol. The van der Waals surface area contributed by atoms with Gasteiger partial charge in [-0.3, -0.25) is 0 Å². The van der Waals surface area contributed by atoms with Crippen molar-refractivity contribution in [3.63, 3.8) is 0 Å². The van der Waals surface area contributed by atoms with Crippen LogP contribution in [0.5, 0.6) is 0 Å². The van der Waals surface area contributed by atoms with Crippen LogP contribution in [0.1, 0.15) is 17.9 Å². The summed E-state index contributed by atoms with van der Waals surface area (Å²) in [4.78, 5) is 0.213. The van der Waals surface area contributed by atoms with E-state index in [2.05, 4.69) is 5.16 Å². The molecule has 2 aliphatic rings. The van der Waals surface area contributed by atoms with Crippen molar-refractivity contribution < 1.29 is 17.7 Å². The first-order valence-corrected chi connectivity index (χ1v) is 7.00. The maximum absolute atomic E-state index is 12.5. The first-order valence-electron chi connectivity index (χ1n) is 5.56. The van der Waals surface area contributed by atoms with E-state index in [0.717, 1.165) is 6.42 Å². The number of aromatic nitrogens is 1. The molecule has 0 aromatic carbocycles. The van der Waals surface area contributed by atoms with Gasteiger partial charge in [0.05, 0.1) is 18.8 Å². The fourth-order valence-electron chi connectivity index (χ4n) is 2.62. The lowest BCUT2D eigenvalue weighted by molar-refractivity contribution is 0.0608. The second-order valence-electron chi connectivity index (χ2n) is 4.57. The second kappa shape index (κ2) is 3.54. The third-order valence-electron chi connectivity index (χ3n) is 3.38. The molecule has 3 heterocycles. The molecule has 1 aromatic heterocycles. The van der Waals surface area contributed by atoms with Crippen molar-refractivity contribution >= 4 is 10.0 Å². The average molecular weight is 258 g/mol. The number of hydrogen-bond acceptors (Lipinski definition) is 5. The van der Waals surface area contributed by atoms with E-state index in [1.165, 1.54) is 4.31 Å². The molecule has 1 aromatic rings. The van der Waals surface area contributed by atoms with Gasteiger partial charge >= 0.3 is 0 Å². The summed E-state index contributed by atoms with van der Waals surface area (Å²) in [7, 11) is -3.49. The van der Waals surface area contributed by atoms with E-state index in [0.29, 0.717) is 24.6 Å². The van der Waals surface area contributed by atoms with Gasteiger partial charge in [0, 0.05) is 6.54 Å². The quantitative estimate of drug-likeness (QED) is 0.770. The van der Waals surface area contributed by atoms with Gasteiger partial charge in [-0.2, -0.15) is 4.31 Å². The Morgan fingerprint density at radius 2 is 2.18 bits per heavy atom. The molecule has 6 nitrogen and oxygen atoms in total. The summed E-state index contributed by atoms with van der Waals surface area (Å²) in [5, 5.41) is 3.70. The highest BCUT2D eigenvalue weighted by atomic mass is 32.2. The number of rotatable bonds is 2. The molecular weight excluding hydrogens is 244 g/mol. The molecule has 2 fully saturated rings. The number of aryl methyl sites for hydroxylation is 2. The van der Waals surface area contributed by atoms with Crippen LogP contribution in [0.25, 0.3) is 0 Å². The molecule has 0 amide bonds. The van der Waals surface area contributed by atoms with Crippen LogP contribution in [0.4, 0.5) is 0 Å². The normalized spacial score (nSPS) is 29.1. The van der Waals surface area contributed by atoms with Gasteiger partial charge in [-0.15, -0.1) is 0 Å². The van der Waals surface area contributed by atoms with Gasteiger partial charge in [0.25, 0.3) is 0 Å². The third-order valence-corrected chi connectivity index (χ3v) is 5.55. The van der Waals surface area contributed by atoms with E-state index in [4.69, 9.17) is 9.26 Å². The number of fused-ring (bicyclic) bond motifs is 2. The lowest BCUT2D eigenvalue weighted by Crippen LogP contribution is -2.41. The highest BCUT2D eigenvalue weighted by Crippen LogP contribution is 2.34. The van der Waals surface area contributed by atoms with Crippen LogP contribution in [0.3, 0.4) is 0 Å². The molecule has 2 saturated heterocycles. The summed E-state index contributed by atoms with van der Waals surface area (Å²) in [6, 6.07) is -0.0290. The summed E-state index contributed by atoms with van der Waals surface area (Å²) in [6.07, 6.45) is 0.845. The minimum Gasteiger partial charge on any atom is -0.375 e. The molecule has 0 N–H and O–H groups in total. The SMILES string of the molecule is Cc1noc(C)c1S(=O)(=O)N1C[C@H]2C[C@H]1CO2. The fraction of sp³-hybridized carbons (Fsp3) is 0.700. The van der Waals surface area contributed by atoms with Gasteiger partial charge in [0.1, 0.15) is 10.6 Å². The average Bonchev–Trinajstić information content (AvgIpc) is 2.93. The Kier molecular flexibility index (Phi) is 2.33. The molecule has 17 heavy (non-hydrogen) atoms. The van der Waals surface area contributed by atoms with Crippen LogP contribution in [0.2, 0.25) is 0 Å². The molecule has 0 aliphatic carbocycles. The monoisotopic (exact) mass is 258 g/mol. The Morgan fingerprint density at radius 3 is 2.65 bits per heavy atom. The molecule has 0 unspecified atom stereocenters. The Bertz CT molecular complexity index is 531. The predicted octanol–water partition coefficient (Wildman–Crippen LogP) is 0.453. The molecule has 94 valence electrons. The van der Waals surface area contributed by atoms with Crippen LogP contribution in [-0.2, 0) is 14.8 Å². The van der Waals surface area contributed by atoms with Crippen molar-refractivity contribution in [2.45, 2.75) is 37.3 Å². The number of hydrogen-bond donors (Lipinski definition) is 0. The molecule has 2 bridgehead atoms. The van der Waals surface area contributed by atoms with E-state index in [1.54, 1.807) is 13.8 Å². The van der Waals surface area contributed by atoms with Gasteiger partial charge < -0.3 is 9.26 Å². The molecule has 7 heteroatoms. The topological polar surface area (TPSA) is 72.6 Å². The minimum absolute atomic E-state index is 0.0290. The van der Waals surface area contributed by atoms with Crippen molar-refractivity contribution in [2.24, 2.45) is 0 Å². The molecule has 0 spiro atoms. The molecule has 3 rings (SSSR count).